The molecule has 0 N–H and O–H groups in total. The molecule has 2 aromatic rings. The second-order valence-corrected chi connectivity index (χ2v) is 6.87. The van der Waals surface area contributed by atoms with Gasteiger partial charge in [0.25, 0.3) is 11.8 Å². The van der Waals surface area contributed by atoms with E-state index in [-0.39, 0.29) is 22.6 Å². The summed E-state index contributed by atoms with van der Waals surface area (Å²) >= 11 is 12.1. The lowest BCUT2D eigenvalue weighted by atomic mass is 10.1. The quantitative estimate of drug-likeness (QED) is 0.733. The highest BCUT2D eigenvalue weighted by molar-refractivity contribution is 6.43. The molecule has 5 nitrogen and oxygen atoms in total. The van der Waals surface area contributed by atoms with E-state index in [0.717, 1.165) is 0 Å². The third kappa shape index (κ3) is 4.54. The molecule has 0 atom stereocenters. The number of amides is 2. The van der Waals surface area contributed by atoms with Crippen molar-refractivity contribution in [1.82, 2.24) is 9.80 Å². The zero-order valence-electron chi connectivity index (χ0n) is 14.6. The van der Waals surface area contributed by atoms with Crippen LogP contribution in [0.4, 0.5) is 8.78 Å². The molecule has 2 amide bonds. The van der Waals surface area contributed by atoms with Gasteiger partial charge in [-0.3, -0.25) is 9.59 Å². The molecule has 1 heterocycles. The van der Waals surface area contributed by atoms with Gasteiger partial charge in [0.2, 0.25) is 0 Å². The maximum absolute atomic E-state index is 12.6. The Morgan fingerprint density at radius 3 is 2.04 bits per heavy atom. The fourth-order valence-electron chi connectivity index (χ4n) is 2.91. The number of hydrogen-bond donors (Lipinski definition) is 0. The monoisotopic (exact) mass is 428 g/mol. The van der Waals surface area contributed by atoms with E-state index in [4.69, 9.17) is 23.2 Å². The van der Waals surface area contributed by atoms with Crippen molar-refractivity contribution >= 4 is 35.0 Å². The Morgan fingerprint density at radius 2 is 1.46 bits per heavy atom. The summed E-state index contributed by atoms with van der Waals surface area (Å²) < 4.78 is 28.7. The predicted molar refractivity (Wildman–Crippen MR) is 101 cm³/mol. The zero-order valence-corrected chi connectivity index (χ0v) is 16.1. The number of rotatable bonds is 4. The SMILES string of the molecule is O=C(c1ccc(OC(F)F)cc1)N1CCN(C(=O)c2cccc(Cl)c2Cl)CC1. The number of piperazine rings is 1. The van der Waals surface area contributed by atoms with Gasteiger partial charge in [-0.05, 0) is 36.4 Å². The summed E-state index contributed by atoms with van der Waals surface area (Å²) in [5.74, 6) is -0.495. The smallest absolute Gasteiger partial charge is 0.387 e. The number of halogens is 4. The number of nitrogens with zero attached hydrogens (tertiary/aromatic N) is 2. The van der Waals surface area contributed by atoms with Crippen LogP contribution in [0.5, 0.6) is 5.75 Å². The summed E-state index contributed by atoms with van der Waals surface area (Å²) in [4.78, 5) is 28.4. The second kappa shape index (κ2) is 8.75. The molecular weight excluding hydrogens is 413 g/mol. The molecule has 3 rings (SSSR count). The maximum atomic E-state index is 12.6. The van der Waals surface area contributed by atoms with E-state index in [1.165, 1.54) is 24.3 Å². The van der Waals surface area contributed by atoms with Crippen LogP contribution in [0, 0.1) is 0 Å². The third-order valence-electron chi connectivity index (χ3n) is 4.36. The minimum atomic E-state index is -2.92. The lowest BCUT2D eigenvalue weighted by Gasteiger charge is -2.35. The van der Waals surface area contributed by atoms with Crippen LogP contribution in [0.3, 0.4) is 0 Å². The standard InChI is InChI=1S/C19H16Cl2F2N2O3/c20-15-3-1-2-14(16(15)21)18(27)25-10-8-24(9-11-25)17(26)12-4-6-13(7-5-12)28-19(22)23/h1-7,19H,8-11H2. The van der Waals surface area contributed by atoms with E-state index >= 15 is 0 Å². The van der Waals surface area contributed by atoms with Gasteiger partial charge < -0.3 is 14.5 Å². The first kappa shape index (κ1) is 20.4. The van der Waals surface area contributed by atoms with Crippen molar-refractivity contribution in [1.29, 1.82) is 0 Å². The van der Waals surface area contributed by atoms with Crippen LogP contribution in [0.2, 0.25) is 10.0 Å². The summed E-state index contributed by atoms with van der Waals surface area (Å²) in [6.45, 7) is -1.53. The van der Waals surface area contributed by atoms with Crippen LogP contribution in [0.1, 0.15) is 20.7 Å². The lowest BCUT2D eigenvalue weighted by Crippen LogP contribution is -2.50. The van der Waals surface area contributed by atoms with Crippen molar-refractivity contribution in [3.8, 4) is 5.75 Å². The third-order valence-corrected chi connectivity index (χ3v) is 5.18. The molecule has 1 fully saturated rings. The molecule has 28 heavy (non-hydrogen) atoms. The number of ether oxygens (including phenoxy) is 1. The summed E-state index contributed by atoms with van der Waals surface area (Å²) in [6.07, 6.45) is 0. The first-order chi connectivity index (χ1) is 13.4. The largest absolute Gasteiger partial charge is 0.435 e. The van der Waals surface area contributed by atoms with E-state index in [0.29, 0.717) is 42.3 Å². The maximum Gasteiger partial charge on any atom is 0.387 e. The van der Waals surface area contributed by atoms with Crippen LogP contribution < -0.4 is 4.74 Å². The Bertz CT molecular complexity index is 870. The molecule has 1 aliphatic heterocycles. The number of hydrogen-bond acceptors (Lipinski definition) is 3. The summed E-state index contributed by atoms with van der Waals surface area (Å²) in [5, 5.41) is 0.513. The van der Waals surface area contributed by atoms with Gasteiger partial charge in [-0.15, -0.1) is 0 Å². The average molecular weight is 429 g/mol. The van der Waals surface area contributed by atoms with Crippen LogP contribution in [0.25, 0.3) is 0 Å². The Labute approximate surface area is 170 Å². The molecule has 0 aliphatic carbocycles. The van der Waals surface area contributed by atoms with Gasteiger partial charge in [0.15, 0.2) is 0 Å². The van der Waals surface area contributed by atoms with E-state index < -0.39 is 6.61 Å². The van der Waals surface area contributed by atoms with Gasteiger partial charge in [-0.1, -0.05) is 29.3 Å². The molecule has 148 valence electrons. The Hall–Kier alpha value is -2.38. The predicted octanol–water partition coefficient (Wildman–Crippen LogP) is 4.19. The topological polar surface area (TPSA) is 49.9 Å². The van der Waals surface area contributed by atoms with Crippen molar-refractivity contribution in [2.45, 2.75) is 6.61 Å². The molecule has 2 aromatic carbocycles. The number of alkyl halides is 2. The van der Waals surface area contributed by atoms with Gasteiger partial charge >= 0.3 is 6.61 Å². The molecule has 0 saturated carbocycles. The minimum Gasteiger partial charge on any atom is -0.435 e. The van der Waals surface area contributed by atoms with Crippen LogP contribution in [0.15, 0.2) is 42.5 Å². The fourth-order valence-corrected chi connectivity index (χ4v) is 3.29. The highest BCUT2D eigenvalue weighted by atomic mass is 35.5. The highest BCUT2D eigenvalue weighted by Gasteiger charge is 2.27. The van der Waals surface area contributed by atoms with Crippen molar-refractivity contribution in [2.24, 2.45) is 0 Å². The average Bonchev–Trinajstić information content (AvgIpc) is 2.69. The molecule has 0 aromatic heterocycles. The highest BCUT2D eigenvalue weighted by Crippen LogP contribution is 2.27. The molecule has 0 unspecified atom stereocenters. The van der Waals surface area contributed by atoms with E-state index in [2.05, 4.69) is 4.74 Å². The summed E-state index contributed by atoms with van der Waals surface area (Å²) in [7, 11) is 0. The first-order valence-electron chi connectivity index (χ1n) is 8.44. The van der Waals surface area contributed by atoms with Crippen molar-refractivity contribution in [3.05, 3.63) is 63.6 Å². The fraction of sp³-hybridized carbons (Fsp3) is 0.263. The Morgan fingerprint density at radius 1 is 0.893 bits per heavy atom. The molecular formula is C19H16Cl2F2N2O3. The number of benzene rings is 2. The Kier molecular flexibility index (Phi) is 6.36. The summed E-state index contributed by atoms with van der Waals surface area (Å²) in [5.41, 5.74) is 0.683. The van der Waals surface area contributed by atoms with Crippen molar-refractivity contribution in [3.63, 3.8) is 0 Å². The normalized spacial score (nSPS) is 14.3. The first-order valence-corrected chi connectivity index (χ1v) is 9.20. The second-order valence-electron chi connectivity index (χ2n) is 6.09. The van der Waals surface area contributed by atoms with Crippen LogP contribution in [-0.2, 0) is 0 Å². The van der Waals surface area contributed by atoms with Gasteiger partial charge in [0, 0.05) is 31.7 Å². The van der Waals surface area contributed by atoms with Gasteiger partial charge in [-0.25, -0.2) is 0 Å². The van der Waals surface area contributed by atoms with Crippen molar-refractivity contribution in [2.75, 3.05) is 26.2 Å². The van der Waals surface area contributed by atoms with Gasteiger partial charge in [0.05, 0.1) is 15.6 Å². The minimum absolute atomic E-state index is 0.0135. The van der Waals surface area contributed by atoms with E-state index in [1.807, 2.05) is 0 Å². The van der Waals surface area contributed by atoms with Gasteiger partial charge in [-0.2, -0.15) is 8.78 Å². The van der Waals surface area contributed by atoms with Crippen molar-refractivity contribution < 1.29 is 23.1 Å². The van der Waals surface area contributed by atoms with E-state index in [1.54, 1.807) is 28.0 Å². The molecule has 1 saturated heterocycles. The number of carbonyl (C=O) groups is 2. The molecule has 1 aliphatic rings. The molecule has 0 spiro atoms. The molecule has 0 radical (unpaired) electrons. The Balaban J connectivity index is 1.61. The van der Waals surface area contributed by atoms with E-state index in [9.17, 15) is 18.4 Å². The summed E-state index contributed by atoms with van der Waals surface area (Å²) in [6, 6.07) is 10.4. The van der Waals surface area contributed by atoms with Gasteiger partial charge in [0.1, 0.15) is 5.75 Å². The van der Waals surface area contributed by atoms with Crippen LogP contribution >= 0.6 is 23.2 Å². The number of carbonyl (C=O) groups excluding carboxylic acids is 2. The molecule has 0 bridgehead atoms. The van der Waals surface area contributed by atoms with Crippen LogP contribution in [-0.4, -0.2) is 54.4 Å². The molecule has 9 heteroatoms. The zero-order chi connectivity index (χ0) is 20.3. The lowest BCUT2D eigenvalue weighted by molar-refractivity contribution is -0.0498.